The van der Waals surface area contributed by atoms with Crippen LogP contribution in [0.25, 0.3) is 0 Å². The number of hydrogen-bond acceptors (Lipinski definition) is 5. The highest BCUT2D eigenvalue weighted by Gasteiger charge is 2.12. The van der Waals surface area contributed by atoms with Gasteiger partial charge in [-0.3, -0.25) is 4.79 Å². The van der Waals surface area contributed by atoms with E-state index in [1.165, 1.54) is 4.90 Å². The first kappa shape index (κ1) is 21.0. The van der Waals surface area contributed by atoms with E-state index in [-0.39, 0.29) is 25.5 Å². The molecule has 2 aromatic rings. The van der Waals surface area contributed by atoms with Crippen molar-refractivity contribution in [3.8, 4) is 17.4 Å². The second-order valence-electron chi connectivity index (χ2n) is 6.11. The Kier molecular flexibility index (Phi) is 8.08. The van der Waals surface area contributed by atoms with Crippen LogP contribution in [0.2, 0.25) is 0 Å². The van der Waals surface area contributed by atoms with E-state index in [1.54, 1.807) is 37.5 Å². The van der Waals surface area contributed by atoms with E-state index in [9.17, 15) is 9.59 Å². The van der Waals surface area contributed by atoms with Crippen molar-refractivity contribution in [2.75, 3.05) is 20.2 Å². The highest BCUT2D eigenvalue weighted by atomic mass is 16.5. The number of carbonyl (C=O) groups is 2. The number of nitrogens with one attached hydrogen (secondary N) is 1. The summed E-state index contributed by atoms with van der Waals surface area (Å²) in [6, 6.07) is 10.4. The van der Waals surface area contributed by atoms with Crippen molar-refractivity contribution in [2.24, 2.45) is 0 Å². The summed E-state index contributed by atoms with van der Waals surface area (Å²) in [7, 11) is 1.54. The largest absolute Gasteiger partial charge is 0.494 e. The summed E-state index contributed by atoms with van der Waals surface area (Å²) in [6.07, 6.45) is 2.44. The van der Waals surface area contributed by atoms with Crippen molar-refractivity contribution in [1.82, 2.24) is 15.2 Å². The van der Waals surface area contributed by atoms with E-state index in [4.69, 9.17) is 14.6 Å². The molecule has 0 aliphatic rings. The molecular weight excluding hydrogens is 362 g/mol. The van der Waals surface area contributed by atoms with Crippen LogP contribution in [0.3, 0.4) is 0 Å². The number of hydrogen-bond donors (Lipinski definition) is 2. The fourth-order valence-electron chi connectivity index (χ4n) is 2.26. The van der Waals surface area contributed by atoms with E-state index in [1.807, 2.05) is 19.1 Å². The number of ether oxygens (including phenoxy) is 2. The van der Waals surface area contributed by atoms with Crippen LogP contribution in [-0.4, -0.2) is 47.2 Å². The Labute approximate surface area is 164 Å². The summed E-state index contributed by atoms with van der Waals surface area (Å²) in [5.41, 5.74) is 0.703. The Balaban J connectivity index is 1.95. The lowest BCUT2D eigenvalue weighted by atomic mass is 10.2. The molecule has 0 aliphatic heterocycles. The monoisotopic (exact) mass is 387 g/mol. The second kappa shape index (κ2) is 10.8. The van der Waals surface area contributed by atoms with Gasteiger partial charge in [0.2, 0.25) is 5.88 Å². The lowest BCUT2D eigenvalue weighted by Gasteiger charge is -2.17. The zero-order valence-corrected chi connectivity index (χ0v) is 16.1. The fourth-order valence-corrected chi connectivity index (χ4v) is 2.26. The molecule has 150 valence electrons. The van der Waals surface area contributed by atoms with E-state index in [2.05, 4.69) is 10.3 Å². The molecule has 0 radical (unpaired) electrons. The smallest absolute Gasteiger partial charge is 0.317 e. The summed E-state index contributed by atoms with van der Waals surface area (Å²) in [4.78, 5) is 28.2. The molecule has 8 nitrogen and oxygen atoms in total. The van der Waals surface area contributed by atoms with Crippen LogP contribution in [-0.2, 0) is 11.3 Å². The minimum atomic E-state index is -0.950. The van der Waals surface area contributed by atoms with Gasteiger partial charge in [-0.05, 0) is 36.8 Å². The molecule has 8 heteroatoms. The Morgan fingerprint density at radius 2 is 1.89 bits per heavy atom. The summed E-state index contributed by atoms with van der Waals surface area (Å²) in [5.74, 6) is 0.813. The van der Waals surface area contributed by atoms with Gasteiger partial charge in [-0.15, -0.1) is 0 Å². The molecular formula is C20H25N3O5. The zero-order valence-electron chi connectivity index (χ0n) is 16.1. The number of aliphatic carboxylic acids is 1. The molecule has 0 aliphatic carbocycles. The molecule has 0 saturated carbocycles. The van der Waals surface area contributed by atoms with Crippen LogP contribution in [0.5, 0.6) is 17.4 Å². The van der Waals surface area contributed by atoms with Crippen molar-refractivity contribution in [3.63, 3.8) is 0 Å². The second-order valence-corrected chi connectivity index (χ2v) is 6.11. The molecule has 0 fully saturated rings. The molecule has 2 N–H and O–H groups in total. The molecule has 2 rings (SSSR count). The van der Waals surface area contributed by atoms with Crippen LogP contribution in [0.4, 0.5) is 4.79 Å². The first-order valence-electron chi connectivity index (χ1n) is 9.05. The van der Waals surface area contributed by atoms with Crippen LogP contribution in [0.15, 0.2) is 42.6 Å². The number of pyridine rings is 1. The fraction of sp³-hybridized carbons (Fsp3) is 0.350. The molecule has 0 atom stereocenters. The third kappa shape index (κ3) is 6.79. The van der Waals surface area contributed by atoms with Gasteiger partial charge in [0.25, 0.3) is 0 Å². The molecule has 2 amide bonds. The first-order valence-corrected chi connectivity index (χ1v) is 9.05. The maximum absolute atomic E-state index is 12.1. The Bertz CT molecular complexity index is 780. The number of amides is 2. The predicted molar refractivity (Wildman–Crippen MR) is 104 cm³/mol. The highest BCUT2D eigenvalue weighted by Crippen LogP contribution is 2.25. The maximum atomic E-state index is 12.1. The normalized spacial score (nSPS) is 10.2. The molecule has 0 bridgehead atoms. The van der Waals surface area contributed by atoms with E-state index < -0.39 is 5.97 Å². The van der Waals surface area contributed by atoms with Crippen molar-refractivity contribution < 1.29 is 24.2 Å². The number of urea groups is 1. The number of carbonyl (C=O) groups excluding carboxylic acids is 1. The van der Waals surface area contributed by atoms with E-state index >= 15 is 0 Å². The summed E-state index contributed by atoms with van der Waals surface area (Å²) >= 11 is 0. The molecule has 1 heterocycles. The molecule has 1 aromatic heterocycles. The predicted octanol–water partition coefficient (Wildman–Crippen LogP) is 3.28. The minimum Gasteiger partial charge on any atom is -0.494 e. The SMILES string of the molecule is CCCOc1ccc(Oc2ncccc2CNC(=O)N(C)CCC(=O)O)cc1. The van der Waals surface area contributed by atoms with Gasteiger partial charge in [0, 0.05) is 31.9 Å². The number of carboxylic acids is 1. The maximum Gasteiger partial charge on any atom is 0.317 e. The standard InChI is InChI=1S/C20H25N3O5/c1-3-13-27-16-6-8-17(9-7-16)28-19-15(5-4-11-21-19)14-22-20(26)23(2)12-10-18(24)25/h4-9,11H,3,10,12-14H2,1-2H3,(H,22,26)(H,24,25). The number of aromatic nitrogens is 1. The van der Waals surface area contributed by atoms with Gasteiger partial charge in [-0.2, -0.15) is 0 Å². The van der Waals surface area contributed by atoms with E-state index in [0.29, 0.717) is 23.8 Å². The van der Waals surface area contributed by atoms with Gasteiger partial charge in [-0.25, -0.2) is 9.78 Å². The summed E-state index contributed by atoms with van der Waals surface area (Å²) in [5, 5.41) is 11.4. The lowest BCUT2D eigenvalue weighted by Crippen LogP contribution is -2.38. The molecule has 1 aromatic carbocycles. The van der Waals surface area contributed by atoms with Crippen molar-refractivity contribution >= 4 is 12.0 Å². The average Bonchev–Trinajstić information content (AvgIpc) is 2.70. The lowest BCUT2D eigenvalue weighted by molar-refractivity contribution is -0.137. The van der Waals surface area contributed by atoms with Crippen LogP contribution in [0, 0.1) is 0 Å². The van der Waals surface area contributed by atoms with Crippen LogP contribution < -0.4 is 14.8 Å². The number of nitrogens with zero attached hydrogens (tertiary/aromatic N) is 2. The number of benzene rings is 1. The topological polar surface area (TPSA) is 101 Å². The first-order chi connectivity index (χ1) is 13.5. The quantitative estimate of drug-likeness (QED) is 0.649. The zero-order chi connectivity index (χ0) is 20.4. The Hall–Kier alpha value is -3.29. The van der Waals surface area contributed by atoms with Crippen LogP contribution in [0.1, 0.15) is 25.3 Å². The number of rotatable bonds is 10. The van der Waals surface area contributed by atoms with Gasteiger partial charge in [-0.1, -0.05) is 13.0 Å². The van der Waals surface area contributed by atoms with Gasteiger partial charge in [0.05, 0.1) is 13.0 Å². The molecule has 0 spiro atoms. The van der Waals surface area contributed by atoms with Gasteiger partial charge >= 0.3 is 12.0 Å². The molecule has 0 unspecified atom stereocenters. The Morgan fingerprint density at radius 3 is 2.57 bits per heavy atom. The third-order valence-corrected chi connectivity index (χ3v) is 3.80. The van der Waals surface area contributed by atoms with E-state index in [0.717, 1.165) is 12.2 Å². The minimum absolute atomic E-state index is 0.108. The summed E-state index contributed by atoms with van der Waals surface area (Å²) in [6.45, 7) is 3.04. The number of carboxylic acid groups (broad SMARTS) is 1. The molecule has 28 heavy (non-hydrogen) atoms. The van der Waals surface area contributed by atoms with Gasteiger partial charge in [0.1, 0.15) is 11.5 Å². The van der Waals surface area contributed by atoms with Gasteiger partial charge < -0.3 is 24.8 Å². The van der Waals surface area contributed by atoms with Crippen molar-refractivity contribution in [2.45, 2.75) is 26.3 Å². The van der Waals surface area contributed by atoms with Gasteiger partial charge in [0.15, 0.2) is 0 Å². The third-order valence-electron chi connectivity index (χ3n) is 3.80. The van der Waals surface area contributed by atoms with Crippen LogP contribution >= 0.6 is 0 Å². The van der Waals surface area contributed by atoms with Crippen molar-refractivity contribution in [1.29, 1.82) is 0 Å². The summed E-state index contributed by atoms with van der Waals surface area (Å²) < 4.78 is 11.4. The Morgan fingerprint density at radius 1 is 1.18 bits per heavy atom. The van der Waals surface area contributed by atoms with Crippen molar-refractivity contribution in [3.05, 3.63) is 48.2 Å². The highest BCUT2D eigenvalue weighted by molar-refractivity contribution is 5.75. The average molecular weight is 387 g/mol. The molecule has 0 saturated heterocycles.